The van der Waals surface area contributed by atoms with E-state index in [1.54, 1.807) is 12.1 Å². The summed E-state index contributed by atoms with van der Waals surface area (Å²) in [6, 6.07) is 12.9. The SMILES string of the molecule is Cc1cccc(NC(=O)COC(=O)c2cccc(S(=O)(=O)N3CCCC3)c2)c1. The molecule has 0 spiro atoms. The minimum Gasteiger partial charge on any atom is -0.452 e. The highest BCUT2D eigenvalue weighted by Gasteiger charge is 2.27. The molecule has 1 aliphatic heterocycles. The molecule has 0 bridgehead atoms. The Morgan fingerprint density at radius 2 is 1.79 bits per heavy atom. The van der Waals surface area contributed by atoms with Crippen LogP contribution in [0.2, 0.25) is 0 Å². The molecule has 0 unspecified atom stereocenters. The maximum Gasteiger partial charge on any atom is 0.338 e. The number of rotatable bonds is 6. The maximum atomic E-state index is 12.6. The van der Waals surface area contributed by atoms with Crippen molar-refractivity contribution in [2.75, 3.05) is 25.0 Å². The lowest BCUT2D eigenvalue weighted by Gasteiger charge is -2.15. The van der Waals surface area contributed by atoms with E-state index < -0.39 is 28.5 Å². The maximum absolute atomic E-state index is 12.6. The molecule has 3 rings (SSSR count). The highest BCUT2D eigenvalue weighted by atomic mass is 32.2. The van der Waals surface area contributed by atoms with Crippen LogP contribution >= 0.6 is 0 Å². The lowest BCUT2D eigenvalue weighted by atomic mass is 10.2. The van der Waals surface area contributed by atoms with E-state index in [1.165, 1.54) is 28.6 Å². The van der Waals surface area contributed by atoms with Crippen LogP contribution in [0.5, 0.6) is 0 Å². The van der Waals surface area contributed by atoms with Crippen molar-refractivity contribution < 1.29 is 22.7 Å². The Labute approximate surface area is 164 Å². The van der Waals surface area contributed by atoms with Crippen LogP contribution in [0, 0.1) is 6.92 Å². The molecule has 2 aromatic rings. The summed E-state index contributed by atoms with van der Waals surface area (Å²) < 4.78 is 31.7. The van der Waals surface area contributed by atoms with Gasteiger partial charge in [-0.25, -0.2) is 13.2 Å². The fourth-order valence-corrected chi connectivity index (χ4v) is 4.56. The van der Waals surface area contributed by atoms with E-state index in [0.29, 0.717) is 18.8 Å². The van der Waals surface area contributed by atoms with Crippen LogP contribution in [0.3, 0.4) is 0 Å². The monoisotopic (exact) mass is 402 g/mol. The number of anilines is 1. The van der Waals surface area contributed by atoms with Crippen LogP contribution in [0.1, 0.15) is 28.8 Å². The van der Waals surface area contributed by atoms with Gasteiger partial charge in [0, 0.05) is 18.8 Å². The van der Waals surface area contributed by atoms with Gasteiger partial charge in [-0.1, -0.05) is 18.2 Å². The van der Waals surface area contributed by atoms with Gasteiger partial charge in [-0.2, -0.15) is 4.31 Å². The summed E-state index contributed by atoms with van der Waals surface area (Å²) in [4.78, 5) is 24.3. The Balaban J connectivity index is 1.62. The number of nitrogens with one attached hydrogen (secondary N) is 1. The molecule has 1 saturated heterocycles. The summed E-state index contributed by atoms with van der Waals surface area (Å²) in [5.74, 6) is -1.22. The quantitative estimate of drug-likeness (QED) is 0.750. The van der Waals surface area contributed by atoms with Gasteiger partial charge in [-0.15, -0.1) is 0 Å². The van der Waals surface area contributed by atoms with Crippen molar-refractivity contribution in [2.24, 2.45) is 0 Å². The van der Waals surface area contributed by atoms with Crippen LogP contribution in [-0.2, 0) is 19.6 Å². The van der Waals surface area contributed by atoms with E-state index in [1.807, 2.05) is 19.1 Å². The number of esters is 1. The van der Waals surface area contributed by atoms with Gasteiger partial charge >= 0.3 is 5.97 Å². The van der Waals surface area contributed by atoms with Crippen molar-refractivity contribution in [1.82, 2.24) is 4.31 Å². The number of sulfonamides is 1. The molecule has 7 nitrogen and oxygen atoms in total. The molecular weight excluding hydrogens is 380 g/mol. The molecule has 28 heavy (non-hydrogen) atoms. The number of aryl methyl sites for hydroxylation is 1. The van der Waals surface area contributed by atoms with Crippen LogP contribution in [0.4, 0.5) is 5.69 Å². The molecule has 0 atom stereocenters. The molecule has 8 heteroatoms. The average molecular weight is 402 g/mol. The van der Waals surface area contributed by atoms with E-state index in [9.17, 15) is 18.0 Å². The molecular formula is C20H22N2O5S. The molecule has 1 N–H and O–H groups in total. The topological polar surface area (TPSA) is 92.8 Å². The Hall–Kier alpha value is -2.71. The molecule has 1 heterocycles. The minimum atomic E-state index is -3.62. The third kappa shape index (κ3) is 4.76. The molecule has 1 aliphatic rings. The summed E-state index contributed by atoms with van der Waals surface area (Å²) in [5, 5.41) is 2.64. The molecule has 1 fully saturated rings. The summed E-state index contributed by atoms with van der Waals surface area (Å²) in [6.45, 7) is 2.40. The normalized spacial score (nSPS) is 14.6. The Bertz CT molecular complexity index is 982. The van der Waals surface area contributed by atoms with Crippen molar-refractivity contribution in [2.45, 2.75) is 24.7 Å². The summed E-state index contributed by atoms with van der Waals surface area (Å²) >= 11 is 0. The molecule has 0 aromatic heterocycles. The lowest BCUT2D eigenvalue weighted by Crippen LogP contribution is -2.28. The predicted octanol–water partition coefficient (Wildman–Crippen LogP) is 2.58. The summed E-state index contributed by atoms with van der Waals surface area (Å²) in [5.41, 5.74) is 1.69. The van der Waals surface area contributed by atoms with Gasteiger partial charge in [0.05, 0.1) is 10.5 Å². The van der Waals surface area contributed by atoms with Crippen molar-refractivity contribution in [3.05, 3.63) is 59.7 Å². The number of amides is 1. The van der Waals surface area contributed by atoms with E-state index in [2.05, 4.69) is 5.32 Å². The van der Waals surface area contributed by atoms with Gasteiger partial charge in [-0.3, -0.25) is 4.79 Å². The second kappa shape index (κ2) is 8.53. The van der Waals surface area contributed by atoms with Crippen molar-refractivity contribution in [3.8, 4) is 0 Å². The van der Waals surface area contributed by atoms with E-state index >= 15 is 0 Å². The van der Waals surface area contributed by atoms with Gasteiger partial charge < -0.3 is 10.1 Å². The molecule has 1 amide bonds. The number of nitrogens with zero attached hydrogens (tertiary/aromatic N) is 1. The average Bonchev–Trinajstić information content (AvgIpc) is 3.22. The second-order valence-corrected chi connectivity index (χ2v) is 8.57. The van der Waals surface area contributed by atoms with E-state index in [4.69, 9.17) is 4.74 Å². The molecule has 0 radical (unpaired) electrons. The van der Waals surface area contributed by atoms with Gasteiger partial charge in [0.1, 0.15) is 0 Å². The first-order chi connectivity index (χ1) is 13.4. The minimum absolute atomic E-state index is 0.0491. The molecule has 0 aliphatic carbocycles. The summed E-state index contributed by atoms with van der Waals surface area (Å²) in [6.07, 6.45) is 1.66. The Morgan fingerprint density at radius 1 is 1.07 bits per heavy atom. The Kier molecular flexibility index (Phi) is 6.11. The largest absolute Gasteiger partial charge is 0.452 e. The fourth-order valence-electron chi connectivity index (χ4n) is 3.00. The van der Waals surface area contributed by atoms with Crippen molar-refractivity contribution in [3.63, 3.8) is 0 Å². The first-order valence-electron chi connectivity index (χ1n) is 9.00. The Morgan fingerprint density at radius 3 is 2.50 bits per heavy atom. The molecule has 148 valence electrons. The third-order valence-electron chi connectivity index (χ3n) is 4.41. The van der Waals surface area contributed by atoms with Gasteiger partial charge in [0.15, 0.2) is 6.61 Å². The van der Waals surface area contributed by atoms with E-state index in [0.717, 1.165) is 18.4 Å². The fraction of sp³-hybridized carbons (Fsp3) is 0.300. The number of benzene rings is 2. The molecule has 2 aromatic carbocycles. The zero-order chi connectivity index (χ0) is 20.1. The zero-order valence-corrected chi connectivity index (χ0v) is 16.4. The van der Waals surface area contributed by atoms with E-state index in [-0.39, 0.29) is 10.5 Å². The predicted molar refractivity (Wildman–Crippen MR) is 105 cm³/mol. The first-order valence-corrected chi connectivity index (χ1v) is 10.4. The van der Waals surface area contributed by atoms with Gasteiger partial charge in [0.25, 0.3) is 5.91 Å². The first kappa shape index (κ1) is 20.0. The van der Waals surface area contributed by atoms with Crippen molar-refractivity contribution >= 4 is 27.6 Å². The highest BCUT2D eigenvalue weighted by Crippen LogP contribution is 2.21. The second-order valence-electron chi connectivity index (χ2n) is 6.63. The smallest absolute Gasteiger partial charge is 0.338 e. The number of hydrogen-bond donors (Lipinski definition) is 1. The van der Waals surface area contributed by atoms with Crippen LogP contribution in [0.25, 0.3) is 0 Å². The standard InChI is InChI=1S/C20H22N2O5S/c1-15-6-4-8-17(12-15)21-19(23)14-27-20(24)16-7-5-9-18(13-16)28(25,26)22-10-2-3-11-22/h4-9,12-13H,2-3,10-11,14H2,1H3,(H,21,23). The summed E-state index contributed by atoms with van der Waals surface area (Å²) in [7, 11) is -3.62. The van der Waals surface area contributed by atoms with Crippen LogP contribution in [0.15, 0.2) is 53.4 Å². The lowest BCUT2D eigenvalue weighted by molar-refractivity contribution is -0.119. The van der Waals surface area contributed by atoms with Crippen molar-refractivity contribution in [1.29, 1.82) is 0 Å². The zero-order valence-electron chi connectivity index (χ0n) is 15.6. The molecule has 0 saturated carbocycles. The highest BCUT2D eigenvalue weighted by molar-refractivity contribution is 7.89. The van der Waals surface area contributed by atoms with Crippen LogP contribution in [-0.4, -0.2) is 44.3 Å². The third-order valence-corrected chi connectivity index (χ3v) is 6.30. The number of ether oxygens (including phenoxy) is 1. The number of carbonyl (C=O) groups is 2. The number of carbonyl (C=O) groups excluding carboxylic acids is 2. The number of hydrogen-bond acceptors (Lipinski definition) is 5. The van der Waals surface area contributed by atoms with Gasteiger partial charge in [0.2, 0.25) is 10.0 Å². The van der Waals surface area contributed by atoms with Gasteiger partial charge in [-0.05, 0) is 55.7 Å². The van der Waals surface area contributed by atoms with Crippen LogP contribution < -0.4 is 5.32 Å².